The van der Waals surface area contributed by atoms with Gasteiger partial charge in [0.2, 0.25) is 0 Å². The van der Waals surface area contributed by atoms with Gasteiger partial charge in [-0.1, -0.05) is 13.8 Å². The van der Waals surface area contributed by atoms with Crippen LogP contribution in [0.1, 0.15) is 47.4 Å². The molecule has 2 aliphatic rings. The smallest absolute Gasteiger partial charge is 0.319 e. The monoisotopic (exact) mass is 301 g/mol. The lowest BCUT2D eigenvalue weighted by molar-refractivity contribution is 0.0636. The van der Waals surface area contributed by atoms with Gasteiger partial charge in [0.05, 0.1) is 11.1 Å². The minimum absolute atomic E-state index is 0.212. The van der Waals surface area contributed by atoms with Crippen LogP contribution in [0.5, 0.6) is 0 Å². The number of carbonyl (C=O) groups excluding carboxylic acids is 3. The van der Waals surface area contributed by atoms with Crippen LogP contribution in [0.3, 0.4) is 0 Å². The fraction of sp³-hybridized carbons (Fsp3) is 0.438. The third kappa shape index (κ3) is 2.81. The number of rotatable bonds is 4. The number of amides is 4. The Balaban J connectivity index is 1.77. The van der Waals surface area contributed by atoms with Gasteiger partial charge < -0.3 is 10.6 Å². The second kappa shape index (κ2) is 5.44. The summed E-state index contributed by atoms with van der Waals surface area (Å²) in [5.74, 6) is -0.341. The fourth-order valence-corrected chi connectivity index (χ4v) is 2.48. The third-order valence-corrected chi connectivity index (χ3v) is 3.69. The predicted molar refractivity (Wildman–Crippen MR) is 81.8 cm³/mol. The van der Waals surface area contributed by atoms with E-state index in [0.717, 1.165) is 12.8 Å². The van der Waals surface area contributed by atoms with Gasteiger partial charge in [0.1, 0.15) is 0 Å². The van der Waals surface area contributed by atoms with E-state index in [1.54, 1.807) is 18.2 Å². The molecule has 1 aliphatic heterocycles. The van der Waals surface area contributed by atoms with Crippen molar-refractivity contribution < 1.29 is 14.4 Å². The van der Waals surface area contributed by atoms with Gasteiger partial charge >= 0.3 is 6.03 Å². The minimum atomic E-state index is -0.292. The summed E-state index contributed by atoms with van der Waals surface area (Å²) < 4.78 is 0. The van der Waals surface area contributed by atoms with Crippen molar-refractivity contribution in [2.45, 2.75) is 32.7 Å². The molecule has 1 saturated carbocycles. The molecule has 22 heavy (non-hydrogen) atoms. The van der Waals surface area contributed by atoms with Crippen molar-refractivity contribution in [1.82, 2.24) is 10.2 Å². The van der Waals surface area contributed by atoms with Crippen LogP contribution in [0.25, 0.3) is 0 Å². The number of imide groups is 1. The summed E-state index contributed by atoms with van der Waals surface area (Å²) >= 11 is 0. The molecule has 1 aromatic rings. The molecule has 4 amide bonds. The normalized spacial score (nSPS) is 17.0. The highest BCUT2D eigenvalue weighted by Gasteiger charge is 2.35. The van der Waals surface area contributed by atoms with Crippen LogP contribution in [-0.4, -0.2) is 35.3 Å². The van der Waals surface area contributed by atoms with Crippen molar-refractivity contribution in [3.8, 4) is 0 Å². The molecule has 0 saturated heterocycles. The lowest BCUT2D eigenvalue weighted by Gasteiger charge is -2.15. The molecule has 0 bridgehead atoms. The first kappa shape index (κ1) is 14.6. The van der Waals surface area contributed by atoms with Gasteiger partial charge in [-0.15, -0.1) is 0 Å². The summed E-state index contributed by atoms with van der Waals surface area (Å²) in [6, 6.07) is 4.80. The van der Waals surface area contributed by atoms with Gasteiger partial charge in [0.15, 0.2) is 0 Å². The number of benzene rings is 1. The Kier molecular flexibility index (Phi) is 3.60. The lowest BCUT2D eigenvalue weighted by atomic mass is 10.1. The molecular weight excluding hydrogens is 282 g/mol. The van der Waals surface area contributed by atoms with Crippen molar-refractivity contribution in [3.63, 3.8) is 0 Å². The van der Waals surface area contributed by atoms with Crippen LogP contribution in [0.15, 0.2) is 18.2 Å². The average molecular weight is 301 g/mol. The van der Waals surface area contributed by atoms with E-state index in [9.17, 15) is 14.4 Å². The van der Waals surface area contributed by atoms with Crippen molar-refractivity contribution in [3.05, 3.63) is 29.3 Å². The number of hydrogen-bond donors (Lipinski definition) is 2. The molecule has 6 nitrogen and oxygen atoms in total. The minimum Gasteiger partial charge on any atom is -0.335 e. The number of nitrogens with one attached hydrogen (secondary N) is 2. The first-order valence-corrected chi connectivity index (χ1v) is 7.53. The molecule has 0 atom stereocenters. The molecule has 1 heterocycles. The highest BCUT2D eigenvalue weighted by molar-refractivity contribution is 6.21. The number of nitrogens with zero attached hydrogens (tertiary/aromatic N) is 1. The Morgan fingerprint density at radius 1 is 1.23 bits per heavy atom. The molecule has 3 rings (SSSR count). The molecule has 1 fully saturated rings. The van der Waals surface area contributed by atoms with Crippen molar-refractivity contribution >= 4 is 23.5 Å². The van der Waals surface area contributed by atoms with E-state index in [2.05, 4.69) is 10.6 Å². The van der Waals surface area contributed by atoms with Crippen molar-refractivity contribution in [2.75, 3.05) is 11.9 Å². The van der Waals surface area contributed by atoms with Crippen molar-refractivity contribution in [2.24, 2.45) is 5.92 Å². The van der Waals surface area contributed by atoms with Gasteiger partial charge in [0.25, 0.3) is 11.8 Å². The van der Waals surface area contributed by atoms with Gasteiger partial charge in [-0.2, -0.15) is 0 Å². The summed E-state index contributed by atoms with van der Waals surface area (Å²) in [4.78, 5) is 37.6. The number of fused-ring (bicyclic) bond motifs is 1. The molecule has 0 aromatic heterocycles. The van der Waals surface area contributed by atoms with E-state index in [1.165, 1.54) is 4.90 Å². The van der Waals surface area contributed by atoms with Crippen LogP contribution in [0, 0.1) is 5.92 Å². The summed E-state index contributed by atoms with van der Waals surface area (Å²) in [5, 5.41) is 5.51. The molecule has 0 spiro atoms. The average Bonchev–Trinajstić information content (AvgIpc) is 3.23. The first-order chi connectivity index (χ1) is 10.5. The number of carbonyl (C=O) groups is 3. The van der Waals surface area contributed by atoms with Crippen LogP contribution in [0.2, 0.25) is 0 Å². The molecular formula is C16H19N3O3. The zero-order valence-corrected chi connectivity index (χ0v) is 12.7. The van der Waals surface area contributed by atoms with Crippen LogP contribution < -0.4 is 10.6 Å². The largest absolute Gasteiger partial charge is 0.335 e. The topological polar surface area (TPSA) is 78.5 Å². The van der Waals surface area contributed by atoms with E-state index in [1.807, 2.05) is 13.8 Å². The molecule has 0 unspecified atom stereocenters. The van der Waals surface area contributed by atoms with Gasteiger partial charge in [0, 0.05) is 18.3 Å². The van der Waals surface area contributed by atoms with Gasteiger partial charge in [-0.3, -0.25) is 14.5 Å². The predicted octanol–water partition coefficient (Wildman–Crippen LogP) is 2.22. The van der Waals surface area contributed by atoms with Crippen LogP contribution >= 0.6 is 0 Å². The summed E-state index contributed by atoms with van der Waals surface area (Å²) in [7, 11) is 0. The maximum atomic E-state index is 12.3. The molecule has 1 aliphatic carbocycles. The van der Waals surface area contributed by atoms with E-state index >= 15 is 0 Å². The van der Waals surface area contributed by atoms with Crippen LogP contribution in [0.4, 0.5) is 10.5 Å². The number of anilines is 1. The van der Waals surface area contributed by atoms with E-state index in [-0.39, 0.29) is 29.8 Å². The van der Waals surface area contributed by atoms with E-state index < -0.39 is 0 Å². The summed E-state index contributed by atoms with van der Waals surface area (Å²) in [6.45, 7) is 4.31. The van der Waals surface area contributed by atoms with E-state index in [4.69, 9.17) is 0 Å². The zero-order chi connectivity index (χ0) is 15.9. The SMILES string of the molecule is CC(C)CN1C(=O)c2ccc(NC(=O)NC3CC3)cc2C1=O. The molecule has 2 N–H and O–H groups in total. The molecule has 116 valence electrons. The maximum absolute atomic E-state index is 12.3. The molecule has 1 aromatic carbocycles. The van der Waals surface area contributed by atoms with E-state index in [0.29, 0.717) is 23.4 Å². The number of hydrogen-bond acceptors (Lipinski definition) is 3. The third-order valence-electron chi connectivity index (χ3n) is 3.69. The maximum Gasteiger partial charge on any atom is 0.319 e. The highest BCUT2D eigenvalue weighted by Crippen LogP contribution is 2.26. The number of urea groups is 1. The van der Waals surface area contributed by atoms with Crippen LogP contribution in [-0.2, 0) is 0 Å². The quantitative estimate of drug-likeness (QED) is 0.837. The molecule has 6 heteroatoms. The summed E-state index contributed by atoms with van der Waals surface area (Å²) in [5.41, 5.74) is 1.28. The molecule has 0 radical (unpaired) electrons. The Bertz CT molecular complexity index is 650. The van der Waals surface area contributed by atoms with Crippen molar-refractivity contribution in [1.29, 1.82) is 0 Å². The summed E-state index contributed by atoms with van der Waals surface area (Å²) in [6.07, 6.45) is 2.02. The zero-order valence-electron chi connectivity index (χ0n) is 12.7. The lowest BCUT2D eigenvalue weighted by Crippen LogP contribution is -2.33. The van der Waals surface area contributed by atoms with Gasteiger partial charge in [-0.25, -0.2) is 4.79 Å². The highest BCUT2D eigenvalue weighted by atomic mass is 16.2. The second-order valence-electron chi connectivity index (χ2n) is 6.25. The standard InChI is InChI=1S/C16H19N3O3/c1-9(2)8-19-14(20)12-6-5-11(7-13(12)15(19)21)18-16(22)17-10-3-4-10/h5-7,9-10H,3-4,8H2,1-2H3,(H2,17,18,22). The van der Waals surface area contributed by atoms with Gasteiger partial charge in [-0.05, 0) is 37.0 Å². The Hall–Kier alpha value is -2.37. The Labute approximate surface area is 128 Å². The fourth-order valence-electron chi connectivity index (χ4n) is 2.48. The Morgan fingerprint density at radius 3 is 2.55 bits per heavy atom. The Morgan fingerprint density at radius 2 is 1.91 bits per heavy atom. The first-order valence-electron chi connectivity index (χ1n) is 7.53. The second-order valence-corrected chi connectivity index (χ2v) is 6.25.